The van der Waals surface area contributed by atoms with Crippen LogP contribution in [0.1, 0.15) is 5.89 Å². The molecule has 0 atom stereocenters. The Labute approximate surface area is 98.6 Å². The molecule has 2 N–H and O–H groups in total. The van der Waals surface area contributed by atoms with E-state index in [4.69, 9.17) is 10.2 Å². The Morgan fingerprint density at radius 2 is 2.20 bits per heavy atom. The maximum atomic E-state index is 5.77. The molecule has 0 amide bonds. The molecule has 0 aliphatic rings. The second-order valence-corrected chi connectivity index (χ2v) is 4.54. The maximum Gasteiger partial charge on any atom is 0.281 e. The Hall–Kier alpha value is -1.08. The standard InChI is InChI=1S/C8H7BrN4OS/c1-4-12-13-8(14-4)15-7-5(9)2-11-3-6(7)10/h2-3H,10H2,1H3. The molecule has 0 unspecified atom stereocenters. The number of aryl methyl sites for hydroxylation is 1. The number of pyridine rings is 1. The summed E-state index contributed by atoms with van der Waals surface area (Å²) in [5, 5.41) is 8.07. The van der Waals surface area contributed by atoms with Crippen LogP contribution in [0.2, 0.25) is 0 Å². The van der Waals surface area contributed by atoms with Crippen LogP contribution in [0.15, 0.2) is 31.4 Å². The normalized spacial score (nSPS) is 10.5. The molecule has 15 heavy (non-hydrogen) atoms. The van der Waals surface area contributed by atoms with E-state index in [9.17, 15) is 0 Å². The molecule has 0 radical (unpaired) electrons. The van der Waals surface area contributed by atoms with Gasteiger partial charge in [-0.05, 0) is 27.7 Å². The summed E-state index contributed by atoms with van der Waals surface area (Å²) in [6.45, 7) is 1.74. The zero-order valence-corrected chi connectivity index (χ0v) is 10.2. The highest BCUT2D eigenvalue weighted by atomic mass is 79.9. The van der Waals surface area contributed by atoms with Crippen molar-refractivity contribution in [2.24, 2.45) is 0 Å². The van der Waals surface area contributed by atoms with E-state index in [0.29, 0.717) is 16.8 Å². The SMILES string of the molecule is Cc1nnc(Sc2c(N)cncc2Br)o1. The minimum atomic E-state index is 0.464. The van der Waals surface area contributed by atoms with Crippen molar-refractivity contribution in [3.63, 3.8) is 0 Å². The van der Waals surface area contributed by atoms with Crippen LogP contribution < -0.4 is 5.73 Å². The van der Waals surface area contributed by atoms with Gasteiger partial charge in [-0.2, -0.15) is 0 Å². The van der Waals surface area contributed by atoms with Crippen LogP contribution >= 0.6 is 27.7 Å². The first kappa shape index (κ1) is 10.4. The number of rotatable bonds is 2. The first-order valence-corrected chi connectivity index (χ1v) is 5.64. The van der Waals surface area contributed by atoms with Crippen molar-refractivity contribution in [2.45, 2.75) is 17.0 Å². The molecule has 2 rings (SSSR count). The third-order valence-electron chi connectivity index (χ3n) is 1.58. The van der Waals surface area contributed by atoms with Gasteiger partial charge in [-0.15, -0.1) is 10.2 Å². The minimum Gasteiger partial charge on any atom is -0.416 e. The fraction of sp³-hybridized carbons (Fsp3) is 0.125. The van der Waals surface area contributed by atoms with Crippen molar-refractivity contribution in [3.05, 3.63) is 22.8 Å². The van der Waals surface area contributed by atoms with E-state index in [-0.39, 0.29) is 0 Å². The summed E-state index contributed by atoms with van der Waals surface area (Å²) in [4.78, 5) is 4.77. The van der Waals surface area contributed by atoms with Crippen molar-refractivity contribution < 1.29 is 4.42 Å². The summed E-state index contributed by atoms with van der Waals surface area (Å²) in [5.74, 6) is 0.529. The predicted molar refractivity (Wildman–Crippen MR) is 59.5 cm³/mol. The molecule has 0 spiro atoms. The van der Waals surface area contributed by atoms with Crippen molar-refractivity contribution in [1.82, 2.24) is 15.2 Å². The molecule has 0 saturated carbocycles. The van der Waals surface area contributed by atoms with Crippen molar-refractivity contribution in [1.29, 1.82) is 0 Å². The average Bonchev–Trinajstić information content (AvgIpc) is 2.58. The summed E-state index contributed by atoms with van der Waals surface area (Å²) in [6.07, 6.45) is 3.25. The van der Waals surface area contributed by atoms with E-state index >= 15 is 0 Å². The third kappa shape index (κ3) is 2.29. The summed E-state index contributed by atoms with van der Waals surface area (Å²) >= 11 is 4.67. The van der Waals surface area contributed by atoms with E-state index in [1.165, 1.54) is 11.8 Å². The van der Waals surface area contributed by atoms with Gasteiger partial charge in [-0.1, -0.05) is 0 Å². The minimum absolute atomic E-state index is 0.464. The van der Waals surface area contributed by atoms with Crippen molar-refractivity contribution in [2.75, 3.05) is 5.73 Å². The lowest BCUT2D eigenvalue weighted by Crippen LogP contribution is -1.90. The number of nitrogen functional groups attached to an aromatic ring is 1. The largest absolute Gasteiger partial charge is 0.416 e. The van der Waals surface area contributed by atoms with E-state index in [2.05, 4.69) is 31.1 Å². The molecule has 5 nitrogen and oxygen atoms in total. The Kier molecular flexibility index (Phi) is 2.92. The average molecular weight is 287 g/mol. The number of halogens is 1. The smallest absolute Gasteiger partial charge is 0.281 e. The maximum absolute atomic E-state index is 5.77. The van der Waals surface area contributed by atoms with E-state index in [1.807, 2.05) is 0 Å². The highest BCUT2D eigenvalue weighted by Gasteiger charge is 2.11. The Bertz CT molecular complexity index is 467. The number of hydrogen-bond donors (Lipinski definition) is 1. The zero-order chi connectivity index (χ0) is 10.8. The third-order valence-corrected chi connectivity index (χ3v) is 3.44. The lowest BCUT2D eigenvalue weighted by Gasteiger charge is -2.03. The number of nitrogens with two attached hydrogens (primary N) is 1. The predicted octanol–water partition coefficient (Wildman–Crippen LogP) is 2.27. The lowest BCUT2D eigenvalue weighted by atomic mass is 10.4. The molecule has 0 fully saturated rings. The molecular formula is C8H7BrN4OS. The molecule has 0 saturated heterocycles. The molecule has 7 heteroatoms. The van der Waals surface area contributed by atoms with Gasteiger partial charge in [-0.25, -0.2) is 0 Å². The second kappa shape index (κ2) is 4.19. The van der Waals surface area contributed by atoms with Crippen LogP contribution in [0, 0.1) is 6.92 Å². The van der Waals surface area contributed by atoms with E-state index < -0.39 is 0 Å². The summed E-state index contributed by atoms with van der Waals surface area (Å²) in [5.41, 5.74) is 6.35. The van der Waals surface area contributed by atoms with E-state index in [1.54, 1.807) is 19.3 Å². The van der Waals surface area contributed by atoms with Gasteiger partial charge in [0, 0.05) is 13.1 Å². The van der Waals surface area contributed by atoms with Gasteiger partial charge in [0.1, 0.15) is 0 Å². The fourth-order valence-corrected chi connectivity index (χ4v) is 2.28. The number of hydrogen-bond acceptors (Lipinski definition) is 6. The van der Waals surface area contributed by atoms with E-state index in [0.717, 1.165) is 9.37 Å². The summed E-state index contributed by atoms with van der Waals surface area (Å²) < 4.78 is 6.05. The number of nitrogens with zero attached hydrogens (tertiary/aromatic N) is 3. The molecule has 0 bridgehead atoms. The van der Waals surface area contributed by atoms with Crippen molar-refractivity contribution in [3.8, 4) is 0 Å². The van der Waals surface area contributed by atoms with Gasteiger partial charge in [0.15, 0.2) is 0 Å². The second-order valence-electron chi connectivity index (χ2n) is 2.73. The molecule has 0 aliphatic carbocycles. The fourth-order valence-electron chi connectivity index (χ4n) is 0.953. The lowest BCUT2D eigenvalue weighted by molar-refractivity contribution is 0.429. The van der Waals surface area contributed by atoms with Crippen LogP contribution in [0.3, 0.4) is 0 Å². The molecule has 2 aromatic heterocycles. The Morgan fingerprint density at radius 3 is 2.80 bits per heavy atom. The molecule has 2 heterocycles. The van der Waals surface area contributed by atoms with Gasteiger partial charge < -0.3 is 10.2 Å². The highest BCUT2D eigenvalue weighted by molar-refractivity contribution is 9.10. The van der Waals surface area contributed by atoms with Crippen molar-refractivity contribution >= 4 is 33.4 Å². The van der Waals surface area contributed by atoms with Gasteiger partial charge in [0.05, 0.1) is 21.3 Å². The summed E-state index contributed by atoms with van der Waals surface area (Å²) in [6, 6.07) is 0. The van der Waals surface area contributed by atoms with Crippen LogP contribution in [0.25, 0.3) is 0 Å². The zero-order valence-electron chi connectivity index (χ0n) is 7.77. The number of anilines is 1. The quantitative estimate of drug-likeness (QED) is 0.912. The van der Waals surface area contributed by atoms with Gasteiger partial charge in [0.2, 0.25) is 5.89 Å². The summed E-state index contributed by atoms with van der Waals surface area (Å²) in [7, 11) is 0. The van der Waals surface area contributed by atoms with Crippen LogP contribution in [0.5, 0.6) is 0 Å². The van der Waals surface area contributed by atoms with Crippen LogP contribution in [-0.2, 0) is 0 Å². The molecule has 78 valence electrons. The first-order valence-electron chi connectivity index (χ1n) is 4.04. The topological polar surface area (TPSA) is 77.8 Å². The monoisotopic (exact) mass is 286 g/mol. The van der Waals surface area contributed by atoms with Crippen LogP contribution in [-0.4, -0.2) is 15.2 Å². The molecular weight excluding hydrogens is 280 g/mol. The molecule has 0 aromatic carbocycles. The van der Waals surface area contributed by atoms with Gasteiger partial charge in [0.25, 0.3) is 5.22 Å². The first-order chi connectivity index (χ1) is 7.16. The Balaban J connectivity index is 2.31. The molecule has 2 aromatic rings. The van der Waals surface area contributed by atoms with Crippen LogP contribution in [0.4, 0.5) is 5.69 Å². The molecule has 0 aliphatic heterocycles. The van der Waals surface area contributed by atoms with Gasteiger partial charge >= 0.3 is 0 Å². The van der Waals surface area contributed by atoms with Gasteiger partial charge in [-0.3, -0.25) is 4.98 Å². The Morgan fingerprint density at radius 1 is 1.40 bits per heavy atom. The highest BCUT2D eigenvalue weighted by Crippen LogP contribution is 2.36. The number of aromatic nitrogens is 3.